The van der Waals surface area contributed by atoms with Gasteiger partial charge in [-0.15, -0.1) is 11.3 Å². The number of carbonyl (C=O) groups excluding carboxylic acids is 1. The quantitative estimate of drug-likeness (QED) is 0.654. The molecule has 0 spiro atoms. The Balaban J connectivity index is 1.81. The summed E-state index contributed by atoms with van der Waals surface area (Å²) in [6.45, 7) is 0. The van der Waals surface area contributed by atoms with E-state index < -0.39 is 0 Å². The van der Waals surface area contributed by atoms with Gasteiger partial charge in [-0.3, -0.25) is 4.79 Å². The molecule has 0 unspecified atom stereocenters. The van der Waals surface area contributed by atoms with Gasteiger partial charge in [-0.1, -0.05) is 19.3 Å². The van der Waals surface area contributed by atoms with Gasteiger partial charge in [0.2, 0.25) is 5.91 Å². The predicted molar refractivity (Wildman–Crippen MR) is 66.6 cm³/mol. The number of hydrogen-bond acceptors (Lipinski definition) is 3. The van der Waals surface area contributed by atoms with Crippen LogP contribution in [-0.4, -0.2) is 12.1 Å². The Hall–Kier alpha value is -1.23. The van der Waals surface area contributed by atoms with Crippen molar-refractivity contribution in [3.8, 4) is 0 Å². The second-order valence-electron chi connectivity index (χ2n) is 4.21. The zero-order chi connectivity index (χ0) is 12.1. The molecule has 1 aromatic rings. The fourth-order valence-electron chi connectivity index (χ4n) is 2.01. The first-order chi connectivity index (χ1) is 8.25. The van der Waals surface area contributed by atoms with Crippen molar-refractivity contribution in [2.24, 2.45) is 11.0 Å². The predicted octanol–water partition coefficient (Wildman–Crippen LogP) is 2.92. The zero-order valence-electron chi connectivity index (χ0n) is 9.49. The number of thiophene rings is 1. The van der Waals surface area contributed by atoms with Crippen molar-refractivity contribution < 1.29 is 9.18 Å². The second kappa shape index (κ2) is 5.91. The molecule has 2 rings (SSSR count). The molecule has 0 aliphatic heterocycles. The SMILES string of the molecule is O=C(N/N=C\c1ccc(F)s1)C1CCCCC1. The minimum absolute atomic E-state index is 0.0158. The lowest BCUT2D eigenvalue weighted by Gasteiger charge is -2.19. The summed E-state index contributed by atoms with van der Waals surface area (Å²) in [7, 11) is 0. The number of halogens is 1. The third-order valence-corrected chi connectivity index (χ3v) is 3.74. The third-order valence-electron chi connectivity index (χ3n) is 2.94. The van der Waals surface area contributed by atoms with E-state index in [1.54, 1.807) is 6.07 Å². The molecule has 0 aromatic carbocycles. The average molecular weight is 254 g/mol. The highest BCUT2D eigenvalue weighted by atomic mass is 32.1. The number of nitrogens with zero attached hydrogens (tertiary/aromatic N) is 1. The highest BCUT2D eigenvalue weighted by Crippen LogP contribution is 2.23. The number of rotatable bonds is 3. The van der Waals surface area contributed by atoms with Crippen molar-refractivity contribution in [3.63, 3.8) is 0 Å². The Kier molecular flexibility index (Phi) is 4.25. The van der Waals surface area contributed by atoms with Gasteiger partial charge in [-0.25, -0.2) is 5.43 Å². The van der Waals surface area contributed by atoms with Crippen LogP contribution in [0.25, 0.3) is 0 Å². The molecule has 1 amide bonds. The summed E-state index contributed by atoms with van der Waals surface area (Å²) in [5.41, 5.74) is 2.52. The lowest BCUT2D eigenvalue weighted by atomic mass is 9.89. The van der Waals surface area contributed by atoms with Crippen LogP contribution in [0.3, 0.4) is 0 Å². The molecular formula is C12H15FN2OS. The molecule has 5 heteroatoms. The Morgan fingerprint density at radius 3 is 2.82 bits per heavy atom. The minimum Gasteiger partial charge on any atom is -0.273 e. The fraction of sp³-hybridized carbons (Fsp3) is 0.500. The van der Waals surface area contributed by atoms with Gasteiger partial charge in [-0.05, 0) is 25.0 Å². The van der Waals surface area contributed by atoms with Crippen LogP contribution in [0.2, 0.25) is 0 Å². The summed E-state index contributed by atoms with van der Waals surface area (Å²) in [6.07, 6.45) is 6.86. The van der Waals surface area contributed by atoms with E-state index in [1.165, 1.54) is 18.7 Å². The van der Waals surface area contributed by atoms with Gasteiger partial charge in [-0.2, -0.15) is 9.49 Å². The minimum atomic E-state index is -0.245. The molecule has 0 radical (unpaired) electrons. The molecule has 1 saturated carbocycles. The van der Waals surface area contributed by atoms with Gasteiger partial charge in [0.15, 0.2) is 5.13 Å². The first-order valence-electron chi connectivity index (χ1n) is 5.84. The van der Waals surface area contributed by atoms with Gasteiger partial charge < -0.3 is 0 Å². The molecule has 0 atom stereocenters. The maximum absolute atomic E-state index is 12.7. The Labute approximate surface area is 104 Å². The van der Waals surface area contributed by atoms with Crippen LogP contribution >= 0.6 is 11.3 Å². The number of amides is 1. The summed E-state index contributed by atoms with van der Waals surface area (Å²) in [6, 6.07) is 3.02. The van der Waals surface area contributed by atoms with E-state index in [0.717, 1.165) is 37.0 Å². The molecule has 17 heavy (non-hydrogen) atoms. The molecule has 1 N–H and O–H groups in total. The normalized spacial score (nSPS) is 17.5. The summed E-state index contributed by atoms with van der Waals surface area (Å²) in [5, 5.41) is 3.60. The first kappa shape index (κ1) is 12.2. The second-order valence-corrected chi connectivity index (χ2v) is 5.28. The van der Waals surface area contributed by atoms with Gasteiger partial charge in [0.25, 0.3) is 0 Å². The molecule has 3 nitrogen and oxygen atoms in total. The lowest BCUT2D eigenvalue weighted by Crippen LogP contribution is -2.28. The standard InChI is InChI=1S/C12H15FN2OS/c13-11-7-6-10(17-11)8-14-15-12(16)9-4-2-1-3-5-9/h6-9H,1-5H2,(H,15,16)/b14-8-. The Morgan fingerprint density at radius 2 is 2.18 bits per heavy atom. The fourth-order valence-corrected chi connectivity index (χ4v) is 2.62. The lowest BCUT2D eigenvalue weighted by molar-refractivity contribution is -0.125. The smallest absolute Gasteiger partial charge is 0.243 e. The summed E-state index contributed by atoms with van der Waals surface area (Å²) >= 11 is 1.01. The first-order valence-corrected chi connectivity index (χ1v) is 6.65. The van der Waals surface area contributed by atoms with Crippen molar-refractivity contribution in [3.05, 3.63) is 22.1 Å². The largest absolute Gasteiger partial charge is 0.273 e. The van der Waals surface area contributed by atoms with Gasteiger partial charge >= 0.3 is 0 Å². The van der Waals surface area contributed by atoms with E-state index in [4.69, 9.17) is 0 Å². The van der Waals surface area contributed by atoms with Crippen LogP contribution in [0.4, 0.5) is 4.39 Å². The van der Waals surface area contributed by atoms with E-state index in [9.17, 15) is 9.18 Å². The van der Waals surface area contributed by atoms with Gasteiger partial charge in [0.1, 0.15) is 0 Å². The maximum atomic E-state index is 12.7. The molecule has 1 aliphatic carbocycles. The highest BCUT2D eigenvalue weighted by molar-refractivity contribution is 7.12. The topological polar surface area (TPSA) is 41.5 Å². The van der Waals surface area contributed by atoms with E-state index >= 15 is 0 Å². The summed E-state index contributed by atoms with van der Waals surface area (Å²) in [4.78, 5) is 12.4. The van der Waals surface area contributed by atoms with Crippen LogP contribution in [-0.2, 0) is 4.79 Å². The van der Waals surface area contributed by atoms with Crippen molar-refractivity contribution >= 4 is 23.5 Å². The van der Waals surface area contributed by atoms with Crippen molar-refractivity contribution in [1.29, 1.82) is 0 Å². The molecule has 0 bridgehead atoms. The molecule has 1 aliphatic rings. The average Bonchev–Trinajstić information content (AvgIpc) is 2.76. The van der Waals surface area contributed by atoms with Gasteiger partial charge in [0, 0.05) is 5.92 Å². The molecule has 1 fully saturated rings. The third kappa shape index (κ3) is 3.63. The monoisotopic (exact) mass is 254 g/mol. The number of hydrazone groups is 1. The van der Waals surface area contributed by atoms with Crippen LogP contribution in [0.5, 0.6) is 0 Å². The number of hydrogen-bond donors (Lipinski definition) is 1. The van der Waals surface area contributed by atoms with Crippen LogP contribution < -0.4 is 5.43 Å². The Bertz CT molecular complexity index is 410. The van der Waals surface area contributed by atoms with Crippen molar-refractivity contribution in [2.45, 2.75) is 32.1 Å². The van der Waals surface area contributed by atoms with E-state index in [2.05, 4.69) is 10.5 Å². The number of nitrogens with one attached hydrogen (secondary N) is 1. The summed E-state index contributed by atoms with van der Waals surface area (Å²) < 4.78 is 12.7. The molecule has 92 valence electrons. The zero-order valence-corrected chi connectivity index (χ0v) is 10.3. The Morgan fingerprint density at radius 1 is 1.41 bits per heavy atom. The van der Waals surface area contributed by atoms with Crippen molar-refractivity contribution in [1.82, 2.24) is 5.43 Å². The van der Waals surface area contributed by atoms with Gasteiger partial charge in [0.05, 0.1) is 11.1 Å². The van der Waals surface area contributed by atoms with Crippen LogP contribution in [0.15, 0.2) is 17.2 Å². The van der Waals surface area contributed by atoms with E-state index in [-0.39, 0.29) is 17.0 Å². The van der Waals surface area contributed by atoms with E-state index in [0.29, 0.717) is 4.88 Å². The van der Waals surface area contributed by atoms with E-state index in [1.807, 2.05) is 0 Å². The maximum Gasteiger partial charge on any atom is 0.243 e. The highest BCUT2D eigenvalue weighted by Gasteiger charge is 2.20. The van der Waals surface area contributed by atoms with Crippen LogP contribution in [0.1, 0.15) is 37.0 Å². The van der Waals surface area contributed by atoms with Crippen molar-refractivity contribution in [2.75, 3.05) is 0 Å². The number of carbonyl (C=O) groups is 1. The molecule has 1 heterocycles. The molecule has 0 saturated heterocycles. The molecular weight excluding hydrogens is 239 g/mol. The van der Waals surface area contributed by atoms with Crippen LogP contribution in [0, 0.1) is 11.0 Å². The molecule has 1 aromatic heterocycles. The summed E-state index contributed by atoms with van der Waals surface area (Å²) in [5.74, 6) is 0.0824.